The quantitative estimate of drug-likeness (QED) is 0.504. The summed E-state index contributed by atoms with van der Waals surface area (Å²) < 4.78 is 37.9. The molecule has 2 aromatic carbocycles. The van der Waals surface area contributed by atoms with E-state index in [9.17, 15) is 13.2 Å². The molecule has 0 aliphatic rings. The largest absolute Gasteiger partial charge is 0.311 e. The van der Waals surface area contributed by atoms with Crippen molar-refractivity contribution in [3.63, 3.8) is 0 Å². The molecule has 2 N–H and O–H groups in total. The van der Waals surface area contributed by atoms with E-state index < -0.39 is 10.0 Å². The number of benzene rings is 2. The molecule has 0 aliphatic carbocycles. The van der Waals surface area contributed by atoms with E-state index in [1.54, 1.807) is 47.1 Å². The Hall–Kier alpha value is -3.31. The first-order chi connectivity index (χ1) is 13.8. The molecule has 0 radical (unpaired) electrons. The van der Waals surface area contributed by atoms with Gasteiger partial charge < -0.3 is 5.32 Å². The van der Waals surface area contributed by atoms with Gasteiger partial charge >= 0.3 is 0 Å². The van der Waals surface area contributed by atoms with Crippen LogP contribution in [0.4, 0.5) is 11.5 Å². The molecule has 0 spiro atoms. The molecule has 2 heterocycles. The Balaban J connectivity index is 1.62. The van der Waals surface area contributed by atoms with Gasteiger partial charge in [0.15, 0.2) is 0 Å². The van der Waals surface area contributed by atoms with E-state index in [2.05, 4.69) is 23.9 Å². The van der Waals surface area contributed by atoms with Crippen LogP contribution in [-0.2, 0) is 14.8 Å². The molecule has 0 aliphatic heterocycles. The molecule has 1 amide bonds. The molecule has 0 fully saturated rings. The number of aryl methyl sites for hydroxylation is 1. The fraction of sp³-hybridized carbons (Fsp3) is 0.111. The van der Waals surface area contributed by atoms with Crippen LogP contribution in [0.25, 0.3) is 16.7 Å². The summed E-state index contributed by atoms with van der Waals surface area (Å²) >= 11 is 0.965. The van der Waals surface area contributed by atoms with Gasteiger partial charge in [0.1, 0.15) is 21.7 Å². The minimum absolute atomic E-state index is 0.0727. The van der Waals surface area contributed by atoms with Gasteiger partial charge in [0.2, 0.25) is 5.91 Å². The molecule has 0 atom stereocenters. The third kappa shape index (κ3) is 3.82. The molecule has 0 bridgehead atoms. The highest BCUT2D eigenvalue weighted by Gasteiger charge is 2.20. The fourth-order valence-electron chi connectivity index (χ4n) is 2.84. The summed E-state index contributed by atoms with van der Waals surface area (Å²) in [4.78, 5) is 11.5. The molecule has 4 rings (SSSR count). The number of carbonyl (C=O) groups excluding carboxylic acids is 1. The Kier molecular flexibility index (Phi) is 4.76. The van der Waals surface area contributed by atoms with Gasteiger partial charge in [-0.2, -0.15) is 13.8 Å². The Bertz CT molecular complexity index is 1310. The third-order valence-corrected chi connectivity index (χ3v) is 5.99. The molecule has 0 saturated heterocycles. The molecule has 2 aromatic heterocycles. The zero-order chi connectivity index (χ0) is 20.6. The van der Waals surface area contributed by atoms with Crippen molar-refractivity contribution >= 4 is 50.2 Å². The van der Waals surface area contributed by atoms with Crippen molar-refractivity contribution in [1.29, 1.82) is 0 Å². The number of sulfonamides is 1. The highest BCUT2D eigenvalue weighted by atomic mass is 32.2. The predicted octanol–water partition coefficient (Wildman–Crippen LogP) is 2.94. The summed E-state index contributed by atoms with van der Waals surface area (Å²) in [5.41, 5.74) is 2.68. The molecule has 0 unspecified atom stereocenters. The first kappa shape index (κ1) is 19.0. The smallest absolute Gasteiger partial charge is 0.264 e. The zero-order valence-corrected chi connectivity index (χ0v) is 17.1. The molecule has 0 saturated carbocycles. The van der Waals surface area contributed by atoms with Crippen LogP contribution in [0, 0.1) is 6.92 Å². The van der Waals surface area contributed by atoms with Crippen molar-refractivity contribution in [2.24, 2.45) is 0 Å². The number of carbonyl (C=O) groups is 1. The molecular weight excluding hydrogens is 412 g/mol. The van der Waals surface area contributed by atoms with Crippen molar-refractivity contribution in [2.45, 2.75) is 18.7 Å². The Morgan fingerprint density at radius 3 is 2.59 bits per heavy atom. The van der Waals surface area contributed by atoms with E-state index >= 15 is 0 Å². The van der Waals surface area contributed by atoms with Crippen LogP contribution in [0.3, 0.4) is 0 Å². The van der Waals surface area contributed by atoms with Gasteiger partial charge in [-0.3, -0.25) is 9.52 Å². The lowest BCUT2D eigenvalue weighted by Gasteiger charge is -2.11. The molecule has 11 heteroatoms. The monoisotopic (exact) mass is 428 g/mol. The number of nitrogens with zero attached hydrogens (tertiary/aromatic N) is 4. The standard InChI is InChI=1S/C18H16N6O3S2/c1-11-10-17(19-12(2)25)24(20-11)14-8-6-13(7-9-14)23-29(26,27)16-5-3-4-15-18(16)22-28-21-15/h3-10,23H,1-2H3,(H,19,25). The Morgan fingerprint density at radius 1 is 1.10 bits per heavy atom. The lowest BCUT2D eigenvalue weighted by molar-refractivity contribution is -0.114. The van der Waals surface area contributed by atoms with Crippen LogP contribution in [-0.4, -0.2) is 32.9 Å². The maximum absolute atomic E-state index is 12.8. The van der Waals surface area contributed by atoms with Gasteiger partial charge in [0.05, 0.1) is 23.1 Å². The van der Waals surface area contributed by atoms with Crippen molar-refractivity contribution in [1.82, 2.24) is 18.5 Å². The van der Waals surface area contributed by atoms with E-state index in [1.165, 1.54) is 13.0 Å². The van der Waals surface area contributed by atoms with E-state index in [-0.39, 0.29) is 10.8 Å². The van der Waals surface area contributed by atoms with Gasteiger partial charge in [-0.1, -0.05) is 6.07 Å². The molecule has 148 valence electrons. The average molecular weight is 428 g/mol. The van der Waals surface area contributed by atoms with Gasteiger partial charge in [0, 0.05) is 18.7 Å². The number of amides is 1. The average Bonchev–Trinajstić information content (AvgIpc) is 3.27. The van der Waals surface area contributed by atoms with Crippen LogP contribution in [0.15, 0.2) is 53.4 Å². The van der Waals surface area contributed by atoms with Crippen LogP contribution in [0.2, 0.25) is 0 Å². The lowest BCUT2D eigenvalue weighted by atomic mass is 10.3. The first-order valence-electron chi connectivity index (χ1n) is 8.52. The maximum Gasteiger partial charge on any atom is 0.264 e. The van der Waals surface area contributed by atoms with E-state index in [0.29, 0.717) is 28.2 Å². The molecule has 4 aromatic rings. The highest BCUT2D eigenvalue weighted by Crippen LogP contribution is 2.25. The number of anilines is 2. The Morgan fingerprint density at radius 2 is 1.86 bits per heavy atom. The second kappa shape index (κ2) is 7.26. The van der Waals surface area contributed by atoms with Gasteiger partial charge in [-0.05, 0) is 43.3 Å². The summed E-state index contributed by atoms with van der Waals surface area (Å²) in [6.07, 6.45) is 0. The first-order valence-corrected chi connectivity index (χ1v) is 10.7. The fourth-order valence-corrected chi connectivity index (χ4v) is 4.67. The third-order valence-electron chi connectivity index (χ3n) is 4.04. The predicted molar refractivity (Wildman–Crippen MR) is 111 cm³/mol. The van der Waals surface area contributed by atoms with E-state index in [1.807, 2.05) is 6.92 Å². The number of nitrogens with one attached hydrogen (secondary N) is 2. The van der Waals surface area contributed by atoms with Crippen LogP contribution in [0.5, 0.6) is 0 Å². The number of rotatable bonds is 5. The van der Waals surface area contributed by atoms with Crippen molar-refractivity contribution in [2.75, 3.05) is 10.0 Å². The number of hydrogen-bond acceptors (Lipinski definition) is 7. The second-order valence-electron chi connectivity index (χ2n) is 6.30. The topological polar surface area (TPSA) is 119 Å². The minimum atomic E-state index is -3.83. The zero-order valence-electron chi connectivity index (χ0n) is 15.4. The van der Waals surface area contributed by atoms with Gasteiger partial charge in [-0.25, -0.2) is 13.1 Å². The van der Waals surface area contributed by atoms with Crippen LogP contribution >= 0.6 is 11.7 Å². The second-order valence-corrected chi connectivity index (χ2v) is 8.48. The van der Waals surface area contributed by atoms with Crippen molar-refractivity contribution in [3.05, 3.63) is 54.2 Å². The van der Waals surface area contributed by atoms with E-state index in [0.717, 1.165) is 17.4 Å². The number of hydrogen-bond donors (Lipinski definition) is 2. The highest BCUT2D eigenvalue weighted by molar-refractivity contribution is 7.93. The van der Waals surface area contributed by atoms with Crippen LogP contribution < -0.4 is 10.0 Å². The molecule has 29 heavy (non-hydrogen) atoms. The van der Waals surface area contributed by atoms with Crippen molar-refractivity contribution < 1.29 is 13.2 Å². The summed E-state index contributed by atoms with van der Waals surface area (Å²) in [6.45, 7) is 3.24. The van der Waals surface area contributed by atoms with Crippen molar-refractivity contribution in [3.8, 4) is 5.69 Å². The van der Waals surface area contributed by atoms with Crippen LogP contribution in [0.1, 0.15) is 12.6 Å². The normalized spacial score (nSPS) is 11.5. The number of aromatic nitrogens is 4. The molecular formula is C18H16N6O3S2. The number of fused-ring (bicyclic) bond motifs is 1. The minimum Gasteiger partial charge on any atom is -0.311 e. The summed E-state index contributed by atoms with van der Waals surface area (Å²) in [5.74, 6) is 0.326. The van der Waals surface area contributed by atoms with Gasteiger partial charge in [-0.15, -0.1) is 0 Å². The molecule has 9 nitrogen and oxygen atoms in total. The SMILES string of the molecule is CC(=O)Nc1cc(C)nn1-c1ccc(NS(=O)(=O)c2cccc3nsnc23)cc1. The van der Waals surface area contributed by atoms with Gasteiger partial charge in [0.25, 0.3) is 10.0 Å². The maximum atomic E-state index is 12.8. The van der Waals surface area contributed by atoms with E-state index in [4.69, 9.17) is 0 Å². The summed E-state index contributed by atoms with van der Waals surface area (Å²) in [7, 11) is -3.83. The summed E-state index contributed by atoms with van der Waals surface area (Å²) in [6, 6.07) is 13.3. The summed E-state index contributed by atoms with van der Waals surface area (Å²) in [5, 5.41) is 7.08. The lowest BCUT2D eigenvalue weighted by Crippen LogP contribution is -2.14. The Labute approximate surface area is 170 Å².